The molecule has 2 aromatic heterocycles. The Balaban J connectivity index is 0.00000514. The Morgan fingerprint density at radius 2 is 1.25 bits per heavy atom. The number of hydrogen-bond donors (Lipinski definition) is 1. The Morgan fingerprint density at radius 3 is 1.95 bits per heavy atom. The number of nitrogens with zero attached hydrogens (tertiary/aromatic N) is 3. The number of fused-ring (bicyclic) bond motifs is 1. The van der Waals surface area contributed by atoms with Crippen LogP contribution in [0.1, 0.15) is 53.0 Å². The predicted molar refractivity (Wildman–Crippen MR) is 245 cm³/mol. The molecule has 1 N–H and O–H groups in total. The van der Waals surface area contributed by atoms with Gasteiger partial charge in [-0.3, -0.25) is 9.55 Å². The topological polar surface area (TPSA) is 50.9 Å². The first kappa shape index (κ1) is 39.1. The largest absolute Gasteiger partial charge is 0.507 e. The number of phenols is 1. The first-order valence-electron chi connectivity index (χ1n) is 20.6. The number of imidazole rings is 1. The fraction of sp³-hybridized carbons (Fsp3) is 0.127. The summed E-state index contributed by atoms with van der Waals surface area (Å²) in [5, 5.41) is 11.3. The second-order valence-corrected chi connectivity index (χ2v) is 16.4. The first-order valence-corrected chi connectivity index (χ1v) is 20.1. The van der Waals surface area contributed by atoms with Crippen molar-refractivity contribution in [3.05, 3.63) is 193 Å². The smallest absolute Gasteiger partial charge is 0.148 e. The summed E-state index contributed by atoms with van der Waals surface area (Å²) < 4.78 is 10.7. The number of rotatable bonds is 8. The maximum atomic E-state index is 11.3. The van der Waals surface area contributed by atoms with Crippen LogP contribution in [0.15, 0.2) is 176 Å². The second-order valence-electron chi connectivity index (χ2n) is 16.4. The third-order valence-electron chi connectivity index (χ3n) is 11.1. The molecule has 2 heterocycles. The zero-order valence-corrected chi connectivity index (χ0v) is 36.6. The second kappa shape index (κ2) is 16.7. The average molecular weight is 961 g/mol. The van der Waals surface area contributed by atoms with E-state index < -0.39 is 5.89 Å². The zero-order chi connectivity index (χ0) is 41.6. The molecule has 0 saturated carbocycles. The monoisotopic (exact) mass is 960 g/mol. The summed E-state index contributed by atoms with van der Waals surface area (Å²) >= 11 is 0. The number of aromatic hydroxyl groups is 1. The van der Waals surface area contributed by atoms with Gasteiger partial charge in [-0.1, -0.05) is 173 Å². The normalized spacial score (nSPS) is 11.9. The van der Waals surface area contributed by atoms with Gasteiger partial charge in [-0.25, -0.2) is 4.98 Å². The molecule has 60 heavy (non-hydrogen) atoms. The van der Waals surface area contributed by atoms with Crippen molar-refractivity contribution in [1.29, 1.82) is 0 Å². The van der Waals surface area contributed by atoms with E-state index in [1.807, 2.05) is 68.6 Å². The van der Waals surface area contributed by atoms with E-state index in [2.05, 4.69) is 147 Å². The molecule has 0 amide bonds. The molecule has 0 unspecified atom stereocenters. The molecule has 0 saturated heterocycles. The number of benzene rings is 7. The minimum Gasteiger partial charge on any atom is -0.507 e. The Morgan fingerprint density at radius 1 is 0.600 bits per heavy atom. The van der Waals surface area contributed by atoms with Crippen LogP contribution in [0.25, 0.3) is 83.9 Å². The van der Waals surface area contributed by atoms with E-state index in [0.29, 0.717) is 11.4 Å². The summed E-state index contributed by atoms with van der Waals surface area (Å²) in [6, 6.07) is 61.8. The molecule has 0 aliphatic heterocycles. The van der Waals surface area contributed by atoms with Gasteiger partial charge in [0, 0.05) is 40.0 Å². The maximum absolute atomic E-state index is 11.3. The summed E-state index contributed by atoms with van der Waals surface area (Å²) in [7, 11) is 0. The quantitative estimate of drug-likeness (QED) is 0.154. The van der Waals surface area contributed by atoms with Crippen molar-refractivity contribution >= 4 is 11.0 Å². The van der Waals surface area contributed by atoms with E-state index in [4.69, 9.17) is 11.3 Å². The third kappa shape index (κ3) is 7.88. The molecule has 0 fully saturated rings. The van der Waals surface area contributed by atoms with Crippen molar-refractivity contribution in [2.45, 2.75) is 45.9 Å². The van der Waals surface area contributed by atoms with Crippen molar-refractivity contribution in [3.63, 3.8) is 0 Å². The van der Waals surface area contributed by atoms with Gasteiger partial charge in [0.2, 0.25) is 0 Å². The Kier molecular flexibility index (Phi) is 10.9. The molecule has 9 rings (SSSR count). The minimum absolute atomic E-state index is 0. The average Bonchev–Trinajstić information content (AvgIpc) is 3.66. The summed E-state index contributed by atoms with van der Waals surface area (Å²) in [5.74, 6) is 0.141. The predicted octanol–water partition coefficient (Wildman–Crippen LogP) is 14.3. The van der Waals surface area contributed by atoms with E-state index >= 15 is 0 Å². The van der Waals surface area contributed by atoms with Crippen LogP contribution in [0.5, 0.6) is 5.75 Å². The standard InChI is InChI=1S/C55H46N3O.Pt/c1-36(2)37-23-25-39(26-24-37)41-29-30-56-50(34-41)44-32-42(38-15-8-6-9-16-38)31-43(33-44)47-20-14-21-51-53(47)57-54(48-19-12-13-22-52(48)59)58(51)45-27-28-46(40-17-10-7-11-18-40)49(35-45)55(3,4)5;/h6-32,34-36,59H,1-5H3;/q-1;/i36D;. The van der Waals surface area contributed by atoms with Crippen LogP contribution < -0.4 is 0 Å². The van der Waals surface area contributed by atoms with Crippen LogP contribution >= 0.6 is 0 Å². The van der Waals surface area contributed by atoms with E-state index in [0.717, 1.165) is 66.9 Å². The molecule has 5 heteroatoms. The van der Waals surface area contributed by atoms with Gasteiger partial charge in [-0.05, 0) is 86.7 Å². The molecule has 0 aliphatic rings. The van der Waals surface area contributed by atoms with Crippen LogP contribution in [-0.2, 0) is 26.5 Å². The van der Waals surface area contributed by atoms with Crippen molar-refractivity contribution < 1.29 is 27.5 Å². The van der Waals surface area contributed by atoms with E-state index in [-0.39, 0.29) is 32.2 Å². The summed E-state index contributed by atoms with van der Waals surface area (Å²) in [4.78, 5) is 10.3. The molecular weight excluding hydrogens is 914 g/mol. The molecule has 0 atom stereocenters. The number of pyridine rings is 1. The molecular formula is C55H46N3OPt-. The summed E-state index contributed by atoms with van der Waals surface area (Å²) in [6.07, 6.45) is 1.85. The van der Waals surface area contributed by atoms with Gasteiger partial charge in [0.05, 0.1) is 16.6 Å². The van der Waals surface area contributed by atoms with Crippen LogP contribution in [0, 0.1) is 6.07 Å². The van der Waals surface area contributed by atoms with Crippen LogP contribution in [-0.4, -0.2) is 19.6 Å². The summed E-state index contributed by atoms with van der Waals surface area (Å²) in [6.45, 7) is 10.6. The van der Waals surface area contributed by atoms with E-state index in [9.17, 15) is 5.11 Å². The van der Waals surface area contributed by atoms with E-state index in [1.165, 1.54) is 16.7 Å². The Bertz CT molecular complexity index is 3000. The van der Waals surface area contributed by atoms with Crippen molar-refractivity contribution in [2.75, 3.05) is 0 Å². The van der Waals surface area contributed by atoms with Gasteiger partial charge in [0.1, 0.15) is 11.6 Å². The molecule has 0 spiro atoms. The van der Waals surface area contributed by atoms with Crippen LogP contribution in [0.3, 0.4) is 0 Å². The molecule has 298 valence electrons. The fourth-order valence-electron chi connectivity index (χ4n) is 7.99. The van der Waals surface area contributed by atoms with Crippen molar-refractivity contribution in [2.24, 2.45) is 0 Å². The third-order valence-corrected chi connectivity index (χ3v) is 11.1. The zero-order valence-electron chi connectivity index (χ0n) is 35.3. The Hall–Kier alpha value is -6.35. The SMILES string of the molecule is [2H]C(C)(C)c1ccc(-c2ccnc(-c3[c-]c(-c4cccc5c4nc(-c4ccccc4O)n5-c4ccc(-c5ccccc5)c(C(C)(C)C)c4)cc(-c4ccccc4)c3)c2)cc1.[Pt]. The minimum atomic E-state index is -0.672. The van der Waals surface area contributed by atoms with Gasteiger partial charge >= 0.3 is 0 Å². The number of aromatic nitrogens is 3. The van der Waals surface area contributed by atoms with Crippen molar-refractivity contribution in [1.82, 2.24) is 14.5 Å². The number of para-hydroxylation sites is 2. The van der Waals surface area contributed by atoms with Gasteiger partial charge in [0.25, 0.3) is 0 Å². The van der Waals surface area contributed by atoms with Gasteiger partial charge < -0.3 is 5.11 Å². The van der Waals surface area contributed by atoms with Crippen LogP contribution in [0.4, 0.5) is 0 Å². The molecule has 4 nitrogen and oxygen atoms in total. The molecule has 0 bridgehead atoms. The molecule has 9 aromatic rings. The van der Waals surface area contributed by atoms with Crippen LogP contribution in [0.2, 0.25) is 0 Å². The van der Waals surface area contributed by atoms with Gasteiger partial charge in [-0.15, -0.1) is 23.8 Å². The maximum Gasteiger partial charge on any atom is 0.148 e. The molecule has 7 aromatic carbocycles. The van der Waals surface area contributed by atoms with Gasteiger partial charge in [-0.2, -0.15) is 0 Å². The first-order chi connectivity index (χ1) is 28.9. The number of hydrogen-bond acceptors (Lipinski definition) is 3. The Labute approximate surface area is 369 Å². The molecule has 0 radical (unpaired) electrons. The van der Waals surface area contributed by atoms with E-state index in [1.54, 1.807) is 6.07 Å². The van der Waals surface area contributed by atoms with Crippen molar-refractivity contribution in [3.8, 4) is 78.6 Å². The fourth-order valence-corrected chi connectivity index (χ4v) is 7.99. The molecule has 0 aliphatic carbocycles. The summed E-state index contributed by atoms with van der Waals surface area (Å²) in [5.41, 5.74) is 15.4. The van der Waals surface area contributed by atoms with Gasteiger partial charge in [0.15, 0.2) is 0 Å². The number of phenolic OH excluding ortho intramolecular Hbond substituents is 1.